The highest BCUT2D eigenvalue weighted by atomic mass is 32.2. The van der Waals surface area contributed by atoms with Gasteiger partial charge in [0.15, 0.2) is 0 Å². The topological polar surface area (TPSA) is 40.5 Å². The monoisotopic (exact) mass is 315 g/mol. The molecule has 0 heterocycles. The number of anilines is 1. The summed E-state index contributed by atoms with van der Waals surface area (Å²) in [6, 6.07) is 19.1. The van der Waals surface area contributed by atoms with Gasteiger partial charge in [-0.3, -0.25) is 4.79 Å². The number of nitrogens with zero attached hydrogens (tertiary/aromatic N) is 1. The van der Waals surface area contributed by atoms with Crippen LogP contribution in [0.4, 0.5) is 5.69 Å². The first kappa shape index (κ1) is 16.6. The Hall–Kier alpha value is -1.78. The molecule has 0 saturated heterocycles. The van der Waals surface area contributed by atoms with Crippen molar-refractivity contribution in [1.82, 2.24) is 0 Å². The summed E-state index contributed by atoms with van der Waals surface area (Å²) in [6.45, 7) is 1.88. The molecule has 0 fully saturated rings. The van der Waals surface area contributed by atoms with Crippen LogP contribution in [0.15, 0.2) is 60.7 Å². The fraction of sp³-hybridized carbons (Fsp3) is 0.278. The quantitative estimate of drug-likeness (QED) is 0.887. The number of benzene rings is 2. The zero-order valence-corrected chi connectivity index (χ0v) is 13.7. The normalized spacial score (nSPS) is 13.4. The van der Waals surface area contributed by atoms with E-state index >= 15 is 0 Å². The van der Waals surface area contributed by atoms with Gasteiger partial charge in [-0.1, -0.05) is 48.5 Å². The molecular formula is C18H21NO2S. The Morgan fingerprint density at radius 1 is 1.09 bits per heavy atom. The molecule has 0 bridgehead atoms. The van der Waals surface area contributed by atoms with Gasteiger partial charge in [-0.2, -0.15) is 0 Å². The van der Waals surface area contributed by atoms with Crippen LogP contribution in [0.1, 0.15) is 18.6 Å². The standard InChI is InChI=1S/C18H21NO2S/c1-14(18(21)19(2)16-11-7-4-8-12-16)22-13-17(20)15-9-5-3-6-10-15/h3-12,14,17,20H,13H2,1-2H3. The molecule has 0 aromatic heterocycles. The van der Waals surface area contributed by atoms with Gasteiger partial charge in [-0.05, 0) is 24.6 Å². The maximum atomic E-state index is 12.4. The summed E-state index contributed by atoms with van der Waals surface area (Å²) in [4.78, 5) is 14.1. The van der Waals surface area contributed by atoms with Crippen molar-refractivity contribution in [2.24, 2.45) is 0 Å². The Balaban J connectivity index is 1.89. The third-order valence-electron chi connectivity index (χ3n) is 3.51. The fourth-order valence-corrected chi connectivity index (χ4v) is 3.09. The van der Waals surface area contributed by atoms with Crippen molar-refractivity contribution in [3.63, 3.8) is 0 Å². The van der Waals surface area contributed by atoms with Gasteiger partial charge in [0.05, 0.1) is 11.4 Å². The number of rotatable bonds is 6. The highest BCUT2D eigenvalue weighted by Crippen LogP contribution is 2.23. The van der Waals surface area contributed by atoms with Crippen LogP contribution in [-0.2, 0) is 4.79 Å². The van der Waals surface area contributed by atoms with Gasteiger partial charge < -0.3 is 10.0 Å². The zero-order chi connectivity index (χ0) is 15.9. The van der Waals surface area contributed by atoms with Crippen molar-refractivity contribution in [2.45, 2.75) is 18.3 Å². The lowest BCUT2D eigenvalue weighted by Crippen LogP contribution is -2.33. The number of amides is 1. The lowest BCUT2D eigenvalue weighted by Gasteiger charge is -2.22. The van der Waals surface area contributed by atoms with E-state index < -0.39 is 6.10 Å². The summed E-state index contributed by atoms with van der Waals surface area (Å²) in [5.74, 6) is 0.538. The molecule has 0 saturated carbocycles. The molecule has 2 aromatic rings. The number of para-hydroxylation sites is 1. The SMILES string of the molecule is CC(SCC(O)c1ccccc1)C(=O)N(C)c1ccccc1. The molecule has 1 amide bonds. The van der Waals surface area contributed by atoms with Crippen LogP contribution in [0.3, 0.4) is 0 Å². The minimum Gasteiger partial charge on any atom is -0.388 e. The van der Waals surface area contributed by atoms with Crippen molar-refractivity contribution in [1.29, 1.82) is 0 Å². The van der Waals surface area contributed by atoms with Crippen LogP contribution in [0, 0.1) is 0 Å². The number of hydrogen-bond donors (Lipinski definition) is 1. The van der Waals surface area contributed by atoms with Gasteiger partial charge in [-0.25, -0.2) is 0 Å². The molecule has 0 aliphatic carbocycles. The first-order chi connectivity index (χ1) is 10.6. The smallest absolute Gasteiger partial charge is 0.239 e. The highest BCUT2D eigenvalue weighted by Gasteiger charge is 2.20. The number of hydrogen-bond acceptors (Lipinski definition) is 3. The van der Waals surface area contributed by atoms with Crippen LogP contribution in [0.2, 0.25) is 0 Å². The van der Waals surface area contributed by atoms with E-state index in [0.29, 0.717) is 5.75 Å². The third-order valence-corrected chi connectivity index (χ3v) is 4.72. The molecule has 116 valence electrons. The fourth-order valence-electron chi connectivity index (χ4n) is 2.13. The second-order valence-corrected chi connectivity index (χ2v) is 6.51. The van der Waals surface area contributed by atoms with Crippen molar-refractivity contribution < 1.29 is 9.90 Å². The van der Waals surface area contributed by atoms with Gasteiger partial charge in [0, 0.05) is 18.5 Å². The summed E-state index contributed by atoms with van der Waals surface area (Å²) in [6.07, 6.45) is -0.552. The maximum Gasteiger partial charge on any atom is 0.239 e. The van der Waals surface area contributed by atoms with Gasteiger partial charge >= 0.3 is 0 Å². The second kappa shape index (κ2) is 8.01. The number of aliphatic hydroxyl groups excluding tert-OH is 1. The van der Waals surface area contributed by atoms with Crippen LogP contribution in [0.25, 0.3) is 0 Å². The van der Waals surface area contributed by atoms with Crippen LogP contribution in [-0.4, -0.2) is 29.1 Å². The Bertz CT molecular complexity index is 589. The molecule has 2 rings (SSSR count). The molecule has 2 aromatic carbocycles. The molecule has 4 heteroatoms. The Morgan fingerprint density at radius 3 is 2.23 bits per heavy atom. The largest absolute Gasteiger partial charge is 0.388 e. The maximum absolute atomic E-state index is 12.4. The number of aliphatic hydroxyl groups is 1. The molecule has 0 aliphatic rings. The van der Waals surface area contributed by atoms with E-state index in [1.54, 1.807) is 11.9 Å². The second-order valence-electron chi connectivity index (χ2n) is 5.13. The molecular weight excluding hydrogens is 294 g/mol. The first-order valence-corrected chi connectivity index (χ1v) is 8.31. The molecule has 1 N–H and O–H groups in total. The van der Waals surface area contributed by atoms with Gasteiger partial charge in [0.25, 0.3) is 0 Å². The summed E-state index contributed by atoms with van der Waals surface area (Å²) in [5, 5.41) is 9.96. The molecule has 3 nitrogen and oxygen atoms in total. The van der Waals surface area contributed by atoms with Gasteiger partial charge in [-0.15, -0.1) is 11.8 Å². The molecule has 0 radical (unpaired) electrons. The molecule has 22 heavy (non-hydrogen) atoms. The molecule has 0 aliphatic heterocycles. The first-order valence-electron chi connectivity index (χ1n) is 7.27. The average molecular weight is 315 g/mol. The predicted molar refractivity (Wildman–Crippen MR) is 93.2 cm³/mol. The highest BCUT2D eigenvalue weighted by molar-refractivity contribution is 8.00. The zero-order valence-electron chi connectivity index (χ0n) is 12.8. The minimum absolute atomic E-state index is 0.0384. The molecule has 2 unspecified atom stereocenters. The lowest BCUT2D eigenvalue weighted by molar-refractivity contribution is -0.117. The summed E-state index contributed by atoms with van der Waals surface area (Å²) in [7, 11) is 1.78. The van der Waals surface area contributed by atoms with E-state index in [0.717, 1.165) is 11.3 Å². The van der Waals surface area contributed by atoms with Crippen molar-refractivity contribution in [3.05, 3.63) is 66.2 Å². The minimum atomic E-state index is -0.552. The summed E-state index contributed by atoms with van der Waals surface area (Å²) < 4.78 is 0. The number of carbonyl (C=O) groups is 1. The molecule has 0 spiro atoms. The van der Waals surface area contributed by atoms with E-state index in [1.165, 1.54) is 11.8 Å². The van der Waals surface area contributed by atoms with Gasteiger partial charge in [0.2, 0.25) is 5.91 Å². The predicted octanol–water partition coefficient (Wildman–Crippen LogP) is 3.50. The lowest BCUT2D eigenvalue weighted by atomic mass is 10.1. The van der Waals surface area contributed by atoms with E-state index in [4.69, 9.17) is 0 Å². The Kier molecular flexibility index (Phi) is 6.04. The van der Waals surface area contributed by atoms with Crippen molar-refractivity contribution in [2.75, 3.05) is 17.7 Å². The summed E-state index contributed by atoms with van der Waals surface area (Å²) in [5.41, 5.74) is 1.76. The van der Waals surface area contributed by atoms with E-state index in [1.807, 2.05) is 67.6 Å². The van der Waals surface area contributed by atoms with Crippen molar-refractivity contribution in [3.8, 4) is 0 Å². The average Bonchev–Trinajstić information content (AvgIpc) is 2.59. The summed E-state index contributed by atoms with van der Waals surface area (Å²) >= 11 is 1.47. The van der Waals surface area contributed by atoms with Crippen LogP contribution < -0.4 is 4.90 Å². The number of thioether (sulfide) groups is 1. The Labute approximate surface area is 136 Å². The van der Waals surface area contributed by atoms with E-state index in [2.05, 4.69) is 0 Å². The van der Waals surface area contributed by atoms with Crippen molar-refractivity contribution >= 4 is 23.4 Å². The van der Waals surface area contributed by atoms with Crippen LogP contribution >= 0.6 is 11.8 Å². The van der Waals surface area contributed by atoms with E-state index in [9.17, 15) is 9.90 Å². The van der Waals surface area contributed by atoms with Gasteiger partial charge in [0.1, 0.15) is 0 Å². The van der Waals surface area contributed by atoms with Crippen LogP contribution in [0.5, 0.6) is 0 Å². The Morgan fingerprint density at radius 2 is 1.64 bits per heavy atom. The van der Waals surface area contributed by atoms with E-state index in [-0.39, 0.29) is 11.2 Å². The number of carbonyl (C=O) groups excluding carboxylic acids is 1. The third kappa shape index (κ3) is 4.36. The molecule has 2 atom stereocenters.